The van der Waals surface area contributed by atoms with Crippen LogP contribution in [-0.2, 0) is 9.53 Å². The Kier molecular flexibility index (Phi) is 7.12. The molecule has 1 aliphatic heterocycles. The van der Waals surface area contributed by atoms with Gasteiger partial charge >= 0.3 is 5.97 Å². The Morgan fingerprint density at radius 2 is 1.94 bits per heavy atom. The number of aromatic amines is 1. The number of carbonyl (C=O) groups excluding carboxylic acids is 3. The maximum absolute atomic E-state index is 13.1. The monoisotopic (exact) mass is 446 g/mol. The lowest BCUT2D eigenvalue weighted by molar-refractivity contribution is -0.121. The molecule has 0 aromatic carbocycles. The standard InChI is InChI=1S/C22H27ClN4O4/c1-12-18(22(30)31-4)13(2)25-19(12)20(28)14(3)27-9-7-15(8-10-27)21(29)26-17-6-5-16(23)11-24-17/h5-6,11,14-15,25H,7-10H2,1-4H3,(H,24,26,29). The number of aryl methyl sites for hydroxylation is 1. The van der Waals surface area contributed by atoms with Crippen molar-refractivity contribution in [1.82, 2.24) is 14.9 Å². The number of Topliss-reactive ketones (excluding diaryl/α,β-unsaturated/α-hetero) is 1. The summed E-state index contributed by atoms with van der Waals surface area (Å²) in [7, 11) is 1.32. The summed E-state index contributed by atoms with van der Waals surface area (Å²) in [5.41, 5.74) is 2.06. The van der Waals surface area contributed by atoms with Gasteiger partial charge < -0.3 is 15.0 Å². The van der Waals surface area contributed by atoms with Crippen LogP contribution < -0.4 is 5.32 Å². The number of ketones is 1. The van der Waals surface area contributed by atoms with Gasteiger partial charge in [0, 0.05) is 17.8 Å². The van der Waals surface area contributed by atoms with Crippen molar-refractivity contribution in [3.8, 4) is 0 Å². The van der Waals surface area contributed by atoms with Crippen molar-refractivity contribution in [3.05, 3.63) is 45.9 Å². The van der Waals surface area contributed by atoms with Gasteiger partial charge in [0.25, 0.3) is 0 Å². The van der Waals surface area contributed by atoms with Gasteiger partial charge in [-0.1, -0.05) is 11.6 Å². The van der Waals surface area contributed by atoms with Crippen LogP contribution in [0.1, 0.15) is 51.9 Å². The molecule has 2 aromatic heterocycles. The molecule has 9 heteroatoms. The number of likely N-dealkylation sites (tertiary alicyclic amines) is 1. The predicted octanol–water partition coefficient (Wildman–Crippen LogP) is 3.39. The number of piperidine rings is 1. The van der Waals surface area contributed by atoms with Gasteiger partial charge in [0.1, 0.15) is 5.82 Å². The van der Waals surface area contributed by atoms with Gasteiger partial charge in [-0.2, -0.15) is 0 Å². The van der Waals surface area contributed by atoms with Gasteiger partial charge in [0.05, 0.1) is 29.4 Å². The van der Waals surface area contributed by atoms with E-state index in [0.717, 1.165) is 0 Å². The Bertz CT molecular complexity index is 978. The Balaban J connectivity index is 1.60. The van der Waals surface area contributed by atoms with Crippen molar-refractivity contribution in [1.29, 1.82) is 0 Å². The minimum atomic E-state index is -0.458. The summed E-state index contributed by atoms with van der Waals surface area (Å²) < 4.78 is 4.82. The van der Waals surface area contributed by atoms with Crippen molar-refractivity contribution >= 4 is 35.1 Å². The van der Waals surface area contributed by atoms with Crippen LogP contribution in [0.15, 0.2) is 18.3 Å². The second kappa shape index (κ2) is 9.62. The Morgan fingerprint density at radius 1 is 1.26 bits per heavy atom. The molecule has 0 saturated carbocycles. The van der Waals surface area contributed by atoms with E-state index in [-0.39, 0.29) is 23.7 Å². The summed E-state index contributed by atoms with van der Waals surface area (Å²) >= 11 is 5.82. The van der Waals surface area contributed by atoms with E-state index in [9.17, 15) is 14.4 Å². The van der Waals surface area contributed by atoms with Gasteiger partial charge in [0.2, 0.25) is 5.91 Å². The third-order valence-electron chi connectivity index (χ3n) is 5.88. The van der Waals surface area contributed by atoms with E-state index in [2.05, 4.69) is 20.2 Å². The van der Waals surface area contributed by atoms with Crippen LogP contribution in [0.2, 0.25) is 5.02 Å². The lowest BCUT2D eigenvalue weighted by atomic mass is 9.94. The molecule has 1 fully saturated rings. The number of hydrogen-bond acceptors (Lipinski definition) is 6. The molecule has 3 rings (SSSR count). The Labute approximate surface area is 186 Å². The molecule has 3 heterocycles. The van der Waals surface area contributed by atoms with E-state index in [1.807, 2.05) is 6.92 Å². The van der Waals surface area contributed by atoms with Gasteiger partial charge in [-0.15, -0.1) is 0 Å². The number of hydrogen-bond donors (Lipinski definition) is 2. The number of esters is 1. The molecule has 31 heavy (non-hydrogen) atoms. The number of carbonyl (C=O) groups is 3. The first-order valence-corrected chi connectivity index (χ1v) is 10.6. The average Bonchev–Trinajstić information content (AvgIpc) is 3.07. The maximum Gasteiger partial charge on any atom is 0.339 e. The molecular weight excluding hydrogens is 420 g/mol. The van der Waals surface area contributed by atoms with Crippen LogP contribution in [0.5, 0.6) is 0 Å². The van der Waals surface area contributed by atoms with Gasteiger partial charge in [-0.25, -0.2) is 9.78 Å². The molecule has 1 aliphatic rings. The number of pyridine rings is 1. The zero-order valence-electron chi connectivity index (χ0n) is 18.1. The summed E-state index contributed by atoms with van der Waals surface area (Å²) in [5.74, 6) is -0.285. The number of rotatable bonds is 6. The lowest BCUT2D eigenvalue weighted by Gasteiger charge is -2.34. The summed E-state index contributed by atoms with van der Waals surface area (Å²) in [6, 6.07) is 2.97. The van der Waals surface area contributed by atoms with E-state index >= 15 is 0 Å². The number of aromatic nitrogens is 2. The van der Waals surface area contributed by atoms with E-state index < -0.39 is 5.97 Å². The SMILES string of the molecule is COC(=O)c1c(C)[nH]c(C(=O)C(C)N2CCC(C(=O)Nc3ccc(Cl)cn3)CC2)c1C. The largest absolute Gasteiger partial charge is 0.465 e. The quantitative estimate of drug-likeness (QED) is 0.520. The average molecular weight is 447 g/mol. The smallest absolute Gasteiger partial charge is 0.339 e. The van der Waals surface area contributed by atoms with Crippen molar-refractivity contribution in [2.75, 3.05) is 25.5 Å². The van der Waals surface area contributed by atoms with Crippen molar-refractivity contribution in [2.45, 2.75) is 39.7 Å². The normalized spacial score (nSPS) is 16.0. The minimum absolute atomic E-state index is 0.0768. The molecule has 1 saturated heterocycles. The first-order valence-electron chi connectivity index (χ1n) is 10.2. The van der Waals surface area contributed by atoms with E-state index in [0.29, 0.717) is 59.3 Å². The number of amides is 1. The fourth-order valence-electron chi connectivity index (χ4n) is 4.01. The van der Waals surface area contributed by atoms with Gasteiger partial charge in [0.15, 0.2) is 5.78 Å². The minimum Gasteiger partial charge on any atom is -0.465 e. The van der Waals surface area contributed by atoms with Crippen LogP contribution in [-0.4, -0.2) is 58.8 Å². The highest BCUT2D eigenvalue weighted by Gasteiger charge is 2.32. The maximum atomic E-state index is 13.1. The molecule has 0 bridgehead atoms. The van der Waals surface area contributed by atoms with Crippen molar-refractivity contribution < 1.29 is 19.1 Å². The van der Waals surface area contributed by atoms with Crippen LogP contribution in [0.25, 0.3) is 0 Å². The zero-order chi connectivity index (χ0) is 22.7. The Hall–Kier alpha value is -2.71. The highest BCUT2D eigenvalue weighted by Crippen LogP contribution is 2.25. The number of nitrogens with zero attached hydrogens (tertiary/aromatic N) is 2. The molecule has 1 atom stereocenters. The molecule has 2 N–H and O–H groups in total. The number of nitrogens with one attached hydrogen (secondary N) is 2. The summed E-state index contributed by atoms with van der Waals surface area (Å²) in [6.45, 7) is 6.61. The molecule has 1 unspecified atom stereocenters. The second-order valence-electron chi connectivity index (χ2n) is 7.82. The molecule has 166 valence electrons. The molecule has 2 aromatic rings. The first kappa shape index (κ1) is 23.0. The van der Waals surface area contributed by atoms with Crippen LogP contribution >= 0.6 is 11.6 Å². The summed E-state index contributed by atoms with van der Waals surface area (Å²) in [4.78, 5) is 46.9. The third kappa shape index (κ3) is 4.97. The molecular formula is C22H27ClN4O4. The summed E-state index contributed by atoms with van der Waals surface area (Å²) in [5, 5.41) is 3.33. The second-order valence-corrected chi connectivity index (χ2v) is 8.25. The fourth-order valence-corrected chi connectivity index (χ4v) is 4.12. The highest BCUT2D eigenvalue weighted by molar-refractivity contribution is 6.30. The molecule has 0 aliphatic carbocycles. The van der Waals surface area contributed by atoms with E-state index in [1.54, 1.807) is 26.0 Å². The highest BCUT2D eigenvalue weighted by atomic mass is 35.5. The van der Waals surface area contributed by atoms with Gasteiger partial charge in [-0.3, -0.25) is 14.5 Å². The molecule has 8 nitrogen and oxygen atoms in total. The number of methoxy groups -OCH3 is 1. The van der Waals surface area contributed by atoms with Crippen molar-refractivity contribution in [3.63, 3.8) is 0 Å². The molecule has 1 amide bonds. The van der Waals surface area contributed by atoms with E-state index in [1.165, 1.54) is 13.3 Å². The predicted molar refractivity (Wildman–Crippen MR) is 118 cm³/mol. The lowest BCUT2D eigenvalue weighted by Crippen LogP contribution is -2.46. The van der Waals surface area contributed by atoms with E-state index in [4.69, 9.17) is 16.3 Å². The summed E-state index contributed by atoms with van der Waals surface area (Å²) in [6.07, 6.45) is 2.78. The van der Waals surface area contributed by atoms with Crippen LogP contribution in [0.3, 0.4) is 0 Å². The number of halogens is 1. The third-order valence-corrected chi connectivity index (χ3v) is 6.10. The first-order chi connectivity index (χ1) is 14.7. The van der Waals surface area contributed by atoms with Crippen molar-refractivity contribution in [2.24, 2.45) is 5.92 Å². The fraction of sp³-hybridized carbons (Fsp3) is 0.455. The molecule has 0 radical (unpaired) electrons. The Morgan fingerprint density at radius 3 is 2.52 bits per heavy atom. The van der Waals surface area contributed by atoms with Crippen LogP contribution in [0, 0.1) is 19.8 Å². The number of ether oxygens (including phenoxy) is 1. The van der Waals surface area contributed by atoms with Gasteiger partial charge in [-0.05, 0) is 64.4 Å². The number of anilines is 1. The topological polar surface area (TPSA) is 104 Å². The number of H-pyrrole nitrogens is 1. The zero-order valence-corrected chi connectivity index (χ0v) is 18.9. The molecule has 0 spiro atoms. The van der Waals surface area contributed by atoms with Crippen LogP contribution in [0.4, 0.5) is 5.82 Å².